The fraction of sp³-hybridized carbons (Fsp3) is 1.00. The predicted octanol–water partition coefficient (Wildman–Crippen LogP) is 4.38. The van der Waals surface area contributed by atoms with Crippen molar-refractivity contribution in [3.05, 3.63) is 0 Å². The Bertz CT molecular complexity index is 84.1. The zero-order valence-corrected chi connectivity index (χ0v) is 9.78. The van der Waals surface area contributed by atoms with Crippen LogP contribution >= 0.6 is 15.9 Å². The van der Waals surface area contributed by atoms with Gasteiger partial charge in [-0.05, 0) is 24.7 Å². The molecule has 0 aromatic carbocycles. The summed E-state index contributed by atoms with van der Waals surface area (Å²) in [6.07, 6.45) is 10.3. The number of hydrogen-bond acceptors (Lipinski definition) is 0. The second kappa shape index (κ2) is 6.01. The molecule has 2 aliphatic rings. The Morgan fingerprint density at radius 3 is 1.50 bits per heavy atom. The first-order valence-electron chi connectivity index (χ1n) is 5.42. The summed E-state index contributed by atoms with van der Waals surface area (Å²) in [7, 11) is 0. The first kappa shape index (κ1) is 10.6. The van der Waals surface area contributed by atoms with E-state index in [1.165, 1.54) is 50.3 Å². The number of halogens is 1. The van der Waals surface area contributed by atoms with Crippen molar-refractivity contribution in [2.75, 3.05) is 5.33 Å². The van der Waals surface area contributed by atoms with E-state index in [2.05, 4.69) is 22.9 Å². The molecule has 2 fully saturated rings. The van der Waals surface area contributed by atoms with Crippen LogP contribution in [-0.4, -0.2) is 5.33 Å². The molecule has 0 amide bonds. The summed E-state index contributed by atoms with van der Waals surface area (Å²) in [4.78, 5) is 0. The molecule has 2 aliphatic carbocycles. The van der Waals surface area contributed by atoms with Crippen LogP contribution in [0.4, 0.5) is 0 Å². The van der Waals surface area contributed by atoms with Gasteiger partial charge in [-0.3, -0.25) is 0 Å². The van der Waals surface area contributed by atoms with Crippen molar-refractivity contribution in [2.45, 2.75) is 51.9 Å². The normalized spacial score (nSPS) is 23.5. The summed E-state index contributed by atoms with van der Waals surface area (Å²) in [5.41, 5.74) is 0. The van der Waals surface area contributed by atoms with Crippen LogP contribution in [-0.2, 0) is 0 Å². The standard InChI is InChI=1S/C6H12.C5H9Br/c1-2-6-4-3-5-6;6-4-5-2-1-3-5/h6H,2-5H2,1H3;5H,1-4H2. The molecule has 0 bridgehead atoms. The third-order valence-corrected chi connectivity index (χ3v) is 4.16. The Morgan fingerprint density at radius 2 is 1.50 bits per heavy atom. The summed E-state index contributed by atoms with van der Waals surface area (Å²) >= 11 is 3.43. The minimum absolute atomic E-state index is 1.03. The van der Waals surface area contributed by atoms with E-state index >= 15 is 0 Å². The minimum atomic E-state index is 1.03. The molecule has 0 spiro atoms. The van der Waals surface area contributed by atoms with Crippen molar-refractivity contribution in [1.29, 1.82) is 0 Å². The molecule has 0 aromatic rings. The topological polar surface area (TPSA) is 0 Å². The van der Waals surface area contributed by atoms with Crippen LogP contribution in [0, 0.1) is 11.8 Å². The molecule has 2 saturated carbocycles. The van der Waals surface area contributed by atoms with Gasteiger partial charge in [0, 0.05) is 5.33 Å². The highest BCUT2D eigenvalue weighted by molar-refractivity contribution is 9.09. The lowest BCUT2D eigenvalue weighted by Gasteiger charge is -2.22. The van der Waals surface area contributed by atoms with Gasteiger partial charge in [0.05, 0.1) is 0 Å². The SMILES string of the molecule is BrCC1CCC1.CCC1CCC1. The first-order chi connectivity index (χ1) is 5.86. The lowest BCUT2D eigenvalue weighted by atomic mass is 9.84. The highest BCUT2D eigenvalue weighted by Crippen LogP contribution is 2.28. The van der Waals surface area contributed by atoms with E-state index in [0.717, 1.165) is 11.8 Å². The van der Waals surface area contributed by atoms with E-state index in [4.69, 9.17) is 0 Å². The quantitative estimate of drug-likeness (QED) is 0.621. The second-order valence-electron chi connectivity index (χ2n) is 4.16. The molecule has 0 radical (unpaired) electrons. The number of rotatable bonds is 2. The van der Waals surface area contributed by atoms with Gasteiger partial charge in [-0.1, -0.05) is 55.0 Å². The molecule has 72 valence electrons. The van der Waals surface area contributed by atoms with E-state index in [1.54, 1.807) is 0 Å². The smallest absolute Gasteiger partial charge is 0.00596 e. The molecular formula is C11H21Br. The van der Waals surface area contributed by atoms with Crippen LogP contribution in [0.1, 0.15) is 51.9 Å². The summed E-state index contributed by atoms with van der Waals surface area (Å²) in [5, 5.41) is 1.23. The third-order valence-electron chi connectivity index (χ3n) is 3.25. The van der Waals surface area contributed by atoms with Crippen molar-refractivity contribution >= 4 is 15.9 Å². The summed E-state index contributed by atoms with van der Waals surface area (Å²) in [6, 6.07) is 0. The predicted molar refractivity (Wildman–Crippen MR) is 58.8 cm³/mol. The summed E-state index contributed by atoms with van der Waals surface area (Å²) in [6.45, 7) is 2.28. The van der Waals surface area contributed by atoms with E-state index in [-0.39, 0.29) is 0 Å². The minimum Gasteiger partial charge on any atom is -0.0925 e. The molecular weight excluding hydrogens is 212 g/mol. The summed E-state index contributed by atoms with van der Waals surface area (Å²) in [5.74, 6) is 2.15. The molecule has 0 unspecified atom stereocenters. The van der Waals surface area contributed by atoms with Crippen LogP contribution in [0.25, 0.3) is 0 Å². The molecule has 1 heteroatoms. The zero-order valence-electron chi connectivity index (χ0n) is 8.19. The number of alkyl halides is 1. The molecule has 0 atom stereocenters. The van der Waals surface area contributed by atoms with Crippen LogP contribution in [0.15, 0.2) is 0 Å². The van der Waals surface area contributed by atoms with E-state index in [0.29, 0.717) is 0 Å². The molecule has 0 aliphatic heterocycles. The van der Waals surface area contributed by atoms with Crippen LogP contribution in [0.3, 0.4) is 0 Å². The molecule has 0 N–H and O–H groups in total. The van der Waals surface area contributed by atoms with E-state index in [1.807, 2.05) is 0 Å². The average molecular weight is 233 g/mol. The fourth-order valence-corrected chi connectivity index (χ4v) is 2.20. The molecule has 0 heterocycles. The average Bonchev–Trinajstić information content (AvgIpc) is 1.83. The van der Waals surface area contributed by atoms with Gasteiger partial charge in [0.15, 0.2) is 0 Å². The van der Waals surface area contributed by atoms with E-state index in [9.17, 15) is 0 Å². The van der Waals surface area contributed by atoms with Gasteiger partial charge >= 0.3 is 0 Å². The van der Waals surface area contributed by atoms with Crippen molar-refractivity contribution in [2.24, 2.45) is 11.8 Å². The highest BCUT2D eigenvalue weighted by Gasteiger charge is 2.14. The van der Waals surface area contributed by atoms with Gasteiger partial charge in [0.2, 0.25) is 0 Å². The lowest BCUT2D eigenvalue weighted by molar-refractivity contribution is 0.307. The first-order valence-corrected chi connectivity index (χ1v) is 6.55. The lowest BCUT2D eigenvalue weighted by Crippen LogP contribution is -2.11. The molecule has 12 heavy (non-hydrogen) atoms. The van der Waals surface area contributed by atoms with Crippen LogP contribution < -0.4 is 0 Å². The van der Waals surface area contributed by atoms with Gasteiger partial charge in [-0.25, -0.2) is 0 Å². The van der Waals surface area contributed by atoms with E-state index < -0.39 is 0 Å². The zero-order chi connectivity index (χ0) is 8.81. The monoisotopic (exact) mass is 232 g/mol. The maximum absolute atomic E-state index is 3.43. The Kier molecular flexibility index (Phi) is 5.29. The number of hydrogen-bond donors (Lipinski definition) is 0. The van der Waals surface area contributed by atoms with Crippen molar-refractivity contribution in [3.8, 4) is 0 Å². The Labute approximate surface area is 85.3 Å². The van der Waals surface area contributed by atoms with Gasteiger partial charge in [-0.15, -0.1) is 0 Å². The largest absolute Gasteiger partial charge is 0.0925 e. The van der Waals surface area contributed by atoms with Crippen LogP contribution in [0.5, 0.6) is 0 Å². The van der Waals surface area contributed by atoms with Crippen LogP contribution in [0.2, 0.25) is 0 Å². The highest BCUT2D eigenvalue weighted by atomic mass is 79.9. The van der Waals surface area contributed by atoms with Crippen molar-refractivity contribution in [3.63, 3.8) is 0 Å². The Hall–Kier alpha value is 0.480. The maximum Gasteiger partial charge on any atom is 0.00596 e. The molecule has 2 rings (SSSR count). The Balaban J connectivity index is 0.000000120. The second-order valence-corrected chi connectivity index (χ2v) is 4.80. The van der Waals surface area contributed by atoms with Gasteiger partial charge < -0.3 is 0 Å². The molecule has 0 saturated heterocycles. The Morgan fingerprint density at radius 1 is 1.00 bits per heavy atom. The van der Waals surface area contributed by atoms with Gasteiger partial charge in [0.1, 0.15) is 0 Å². The van der Waals surface area contributed by atoms with Gasteiger partial charge in [-0.2, -0.15) is 0 Å². The van der Waals surface area contributed by atoms with Crippen molar-refractivity contribution < 1.29 is 0 Å². The molecule has 0 aromatic heterocycles. The van der Waals surface area contributed by atoms with Gasteiger partial charge in [0.25, 0.3) is 0 Å². The third kappa shape index (κ3) is 3.47. The maximum atomic E-state index is 3.43. The fourth-order valence-electron chi connectivity index (χ4n) is 1.55. The van der Waals surface area contributed by atoms with Crippen molar-refractivity contribution in [1.82, 2.24) is 0 Å². The summed E-state index contributed by atoms with van der Waals surface area (Å²) < 4.78 is 0. The molecule has 0 nitrogen and oxygen atoms in total.